The molecule has 0 radical (unpaired) electrons. The number of rotatable bonds is 8. The summed E-state index contributed by atoms with van der Waals surface area (Å²) in [6, 6.07) is 7.13. The number of anilines is 1. The molecule has 3 N–H and O–H groups in total. The molecule has 1 rings (SSSR count). The van der Waals surface area contributed by atoms with Crippen molar-refractivity contribution in [2.45, 2.75) is 39.7 Å². The van der Waals surface area contributed by atoms with Crippen LogP contribution in [0, 0.1) is 0 Å². The number of unbranched alkanes of at least 4 members (excludes halogenated alkanes) is 1. The van der Waals surface area contributed by atoms with E-state index < -0.39 is 0 Å². The van der Waals surface area contributed by atoms with Gasteiger partial charge in [0.15, 0.2) is 0 Å². The number of nitrogens with two attached hydrogens (primary N) is 1. The zero-order chi connectivity index (χ0) is 15.8. The number of amides is 1. The van der Waals surface area contributed by atoms with Gasteiger partial charge in [-0.3, -0.25) is 9.69 Å². The van der Waals surface area contributed by atoms with Crippen LogP contribution < -0.4 is 11.1 Å². The minimum absolute atomic E-state index is 0.0102. The van der Waals surface area contributed by atoms with E-state index in [1.165, 1.54) is 0 Å². The van der Waals surface area contributed by atoms with Crippen molar-refractivity contribution >= 4 is 28.8 Å². The number of thiocarbonyl (C=S) groups is 1. The molecular weight excluding hydrogens is 282 g/mol. The van der Waals surface area contributed by atoms with E-state index in [-0.39, 0.29) is 11.9 Å². The van der Waals surface area contributed by atoms with Gasteiger partial charge < -0.3 is 11.1 Å². The molecule has 21 heavy (non-hydrogen) atoms. The van der Waals surface area contributed by atoms with E-state index in [9.17, 15) is 4.79 Å². The Labute approximate surface area is 132 Å². The predicted molar refractivity (Wildman–Crippen MR) is 92.6 cm³/mol. The summed E-state index contributed by atoms with van der Waals surface area (Å²) in [6.07, 6.45) is 2.24. The van der Waals surface area contributed by atoms with E-state index in [4.69, 9.17) is 18.0 Å². The third kappa shape index (κ3) is 5.44. The molecule has 0 aliphatic rings. The van der Waals surface area contributed by atoms with Crippen molar-refractivity contribution in [2.24, 2.45) is 5.73 Å². The predicted octanol–water partition coefficient (Wildman–Crippen LogP) is 2.77. The number of benzene rings is 1. The van der Waals surface area contributed by atoms with Crippen LogP contribution in [0.2, 0.25) is 0 Å². The summed E-state index contributed by atoms with van der Waals surface area (Å²) in [5.74, 6) is 0.0102. The lowest BCUT2D eigenvalue weighted by Crippen LogP contribution is -2.42. The molecule has 0 aliphatic heterocycles. The maximum atomic E-state index is 12.3. The second-order valence-corrected chi connectivity index (χ2v) is 5.53. The molecule has 4 nitrogen and oxygen atoms in total. The second-order valence-electron chi connectivity index (χ2n) is 5.09. The highest BCUT2D eigenvalue weighted by Crippen LogP contribution is 2.11. The van der Waals surface area contributed by atoms with Gasteiger partial charge in [0.1, 0.15) is 4.99 Å². The monoisotopic (exact) mass is 307 g/mol. The van der Waals surface area contributed by atoms with Gasteiger partial charge in [0.25, 0.3) is 0 Å². The van der Waals surface area contributed by atoms with Gasteiger partial charge >= 0.3 is 0 Å². The fraction of sp³-hybridized carbons (Fsp3) is 0.500. The van der Waals surface area contributed by atoms with E-state index in [0.717, 1.165) is 37.2 Å². The molecule has 116 valence electrons. The topological polar surface area (TPSA) is 58.4 Å². The summed E-state index contributed by atoms with van der Waals surface area (Å²) in [5.41, 5.74) is 7.12. The zero-order valence-corrected chi connectivity index (χ0v) is 13.9. The third-order valence-corrected chi connectivity index (χ3v) is 3.80. The first-order valence-corrected chi connectivity index (χ1v) is 7.85. The van der Waals surface area contributed by atoms with Gasteiger partial charge in [-0.2, -0.15) is 0 Å². The zero-order valence-electron chi connectivity index (χ0n) is 13.1. The Kier molecular flexibility index (Phi) is 7.32. The lowest BCUT2D eigenvalue weighted by Gasteiger charge is -2.26. The third-order valence-electron chi connectivity index (χ3n) is 3.57. The highest BCUT2D eigenvalue weighted by Gasteiger charge is 2.19. The van der Waals surface area contributed by atoms with Gasteiger partial charge in [-0.25, -0.2) is 0 Å². The van der Waals surface area contributed by atoms with Crippen LogP contribution in [0.15, 0.2) is 24.3 Å². The van der Waals surface area contributed by atoms with E-state index in [1.807, 2.05) is 31.2 Å². The summed E-state index contributed by atoms with van der Waals surface area (Å²) >= 11 is 4.91. The first-order valence-electron chi connectivity index (χ1n) is 7.44. The number of hydrogen-bond acceptors (Lipinski definition) is 3. The van der Waals surface area contributed by atoms with E-state index in [0.29, 0.717) is 4.99 Å². The molecule has 1 aromatic rings. The molecule has 1 amide bonds. The number of carbonyl (C=O) groups is 1. The average Bonchev–Trinajstić information content (AvgIpc) is 2.48. The van der Waals surface area contributed by atoms with Crippen LogP contribution in [0.5, 0.6) is 0 Å². The second kappa shape index (κ2) is 8.74. The summed E-state index contributed by atoms with van der Waals surface area (Å²) in [4.78, 5) is 14.8. The first kappa shape index (κ1) is 17.6. The normalized spacial score (nSPS) is 12.2. The van der Waals surface area contributed by atoms with E-state index in [2.05, 4.69) is 24.1 Å². The molecule has 0 saturated carbocycles. The molecule has 0 aliphatic carbocycles. The van der Waals surface area contributed by atoms with Crippen molar-refractivity contribution < 1.29 is 4.79 Å². The Morgan fingerprint density at radius 3 is 2.43 bits per heavy atom. The molecule has 0 aromatic heterocycles. The smallest absolute Gasteiger partial charge is 0.241 e. The molecule has 0 fully saturated rings. The highest BCUT2D eigenvalue weighted by molar-refractivity contribution is 7.80. The van der Waals surface area contributed by atoms with Crippen molar-refractivity contribution in [1.29, 1.82) is 0 Å². The van der Waals surface area contributed by atoms with E-state index in [1.54, 1.807) is 0 Å². The van der Waals surface area contributed by atoms with Gasteiger partial charge in [-0.05, 0) is 50.7 Å². The first-order chi connectivity index (χ1) is 9.99. The maximum Gasteiger partial charge on any atom is 0.241 e. The van der Waals surface area contributed by atoms with Crippen LogP contribution in [0.25, 0.3) is 0 Å². The fourth-order valence-corrected chi connectivity index (χ4v) is 2.25. The quantitative estimate of drug-likeness (QED) is 0.725. The van der Waals surface area contributed by atoms with Crippen molar-refractivity contribution in [3.63, 3.8) is 0 Å². The minimum Gasteiger partial charge on any atom is -0.389 e. The Balaban J connectivity index is 2.64. The van der Waals surface area contributed by atoms with Crippen LogP contribution in [0.3, 0.4) is 0 Å². The Hall–Kier alpha value is -1.46. The van der Waals surface area contributed by atoms with Gasteiger partial charge in [0.2, 0.25) is 5.91 Å². The van der Waals surface area contributed by atoms with Gasteiger partial charge in [-0.1, -0.05) is 32.5 Å². The van der Waals surface area contributed by atoms with Crippen LogP contribution in [0.4, 0.5) is 5.69 Å². The summed E-state index contributed by atoms with van der Waals surface area (Å²) in [7, 11) is 0. The number of nitrogens with zero attached hydrogens (tertiary/aromatic N) is 1. The Morgan fingerprint density at radius 2 is 1.95 bits per heavy atom. The van der Waals surface area contributed by atoms with Crippen molar-refractivity contribution in [3.05, 3.63) is 29.8 Å². The van der Waals surface area contributed by atoms with Crippen LogP contribution in [-0.2, 0) is 4.79 Å². The summed E-state index contributed by atoms with van der Waals surface area (Å²) < 4.78 is 0. The van der Waals surface area contributed by atoms with Crippen molar-refractivity contribution in [3.8, 4) is 0 Å². The SMILES string of the molecule is CCCCN(CC)C(C)C(=O)Nc1ccc(C(N)=S)cc1. The van der Waals surface area contributed by atoms with E-state index >= 15 is 0 Å². The maximum absolute atomic E-state index is 12.3. The van der Waals surface area contributed by atoms with Crippen molar-refractivity contribution in [1.82, 2.24) is 4.90 Å². The number of nitrogens with one attached hydrogen (secondary N) is 1. The summed E-state index contributed by atoms with van der Waals surface area (Å²) in [5, 5.41) is 2.93. The lowest BCUT2D eigenvalue weighted by atomic mass is 10.2. The molecule has 0 bridgehead atoms. The molecular formula is C16H25N3OS. The molecule has 1 atom stereocenters. The van der Waals surface area contributed by atoms with Crippen molar-refractivity contribution in [2.75, 3.05) is 18.4 Å². The number of hydrogen-bond donors (Lipinski definition) is 2. The lowest BCUT2D eigenvalue weighted by molar-refractivity contribution is -0.120. The highest BCUT2D eigenvalue weighted by atomic mass is 32.1. The van der Waals surface area contributed by atoms with Gasteiger partial charge in [0, 0.05) is 11.3 Å². The summed E-state index contributed by atoms with van der Waals surface area (Å²) in [6.45, 7) is 7.99. The fourth-order valence-electron chi connectivity index (χ4n) is 2.12. The van der Waals surface area contributed by atoms with Gasteiger partial charge in [0.05, 0.1) is 6.04 Å². The largest absolute Gasteiger partial charge is 0.389 e. The van der Waals surface area contributed by atoms with Crippen LogP contribution >= 0.6 is 12.2 Å². The molecule has 0 spiro atoms. The average molecular weight is 307 g/mol. The molecule has 5 heteroatoms. The molecule has 1 aromatic carbocycles. The van der Waals surface area contributed by atoms with Crippen LogP contribution in [-0.4, -0.2) is 34.9 Å². The minimum atomic E-state index is -0.142. The molecule has 0 saturated heterocycles. The van der Waals surface area contributed by atoms with Gasteiger partial charge in [-0.15, -0.1) is 0 Å². The number of likely N-dealkylation sites (N-methyl/N-ethyl adjacent to an activating group) is 1. The number of carbonyl (C=O) groups excluding carboxylic acids is 1. The van der Waals surface area contributed by atoms with Crippen LogP contribution in [0.1, 0.15) is 39.2 Å². The Bertz CT molecular complexity index is 473. The Morgan fingerprint density at radius 1 is 1.33 bits per heavy atom. The standard InChI is InChI=1S/C16H25N3OS/c1-4-6-11-19(5-2)12(3)16(20)18-14-9-7-13(8-10-14)15(17)21/h7-10,12H,4-6,11H2,1-3H3,(H2,17,21)(H,18,20). The molecule has 1 unspecified atom stereocenters. The molecule has 0 heterocycles.